The van der Waals surface area contributed by atoms with Crippen LogP contribution in [0.15, 0.2) is 18.2 Å². The van der Waals surface area contributed by atoms with E-state index in [2.05, 4.69) is 15.9 Å². The van der Waals surface area contributed by atoms with Crippen LogP contribution in [-0.2, 0) is 0 Å². The molecule has 4 heteroatoms. The minimum absolute atomic E-state index is 0.116. The fourth-order valence-corrected chi connectivity index (χ4v) is 1.58. The smallest absolute Gasteiger partial charge is 0.167 e. The summed E-state index contributed by atoms with van der Waals surface area (Å²) in [5, 5.41) is 0.563. The highest BCUT2D eigenvalue weighted by atomic mass is 79.9. The zero-order chi connectivity index (χ0) is 11.3. The maximum absolute atomic E-state index is 13.0. The monoisotopic (exact) mass is 274 g/mol. The fourth-order valence-electron chi connectivity index (χ4n) is 1.22. The molecule has 0 N–H and O–H groups in total. The van der Waals surface area contributed by atoms with Crippen LogP contribution in [0, 0.1) is 5.82 Å². The molecular weight excluding hydrogens is 263 g/mol. The van der Waals surface area contributed by atoms with Gasteiger partial charge in [-0.25, -0.2) is 4.39 Å². The zero-order valence-electron chi connectivity index (χ0n) is 8.43. The topological polar surface area (TPSA) is 26.3 Å². The Bertz CT molecular complexity index is 352. The fraction of sp³-hybridized carbons (Fsp3) is 0.364. The number of carbonyl (C=O) groups excluding carboxylic acids is 1. The molecule has 1 aromatic rings. The van der Waals surface area contributed by atoms with Crippen molar-refractivity contribution in [1.29, 1.82) is 0 Å². The van der Waals surface area contributed by atoms with Crippen LogP contribution < -0.4 is 4.74 Å². The summed E-state index contributed by atoms with van der Waals surface area (Å²) in [4.78, 5) is 11.6. The molecule has 82 valence electrons. The van der Waals surface area contributed by atoms with Gasteiger partial charge in [0.05, 0.1) is 12.2 Å². The highest BCUT2D eigenvalue weighted by Crippen LogP contribution is 2.21. The van der Waals surface area contributed by atoms with Gasteiger partial charge >= 0.3 is 0 Å². The molecular formula is C11H12BrFO2. The second-order valence-corrected chi connectivity index (χ2v) is 3.73. The number of hydrogen-bond acceptors (Lipinski definition) is 2. The van der Waals surface area contributed by atoms with E-state index in [1.807, 2.05) is 6.92 Å². The van der Waals surface area contributed by atoms with Gasteiger partial charge in [-0.15, -0.1) is 0 Å². The van der Waals surface area contributed by atoms with Gasteiger partial charge in [-0.05, 0) is 25.1 Å². The van der Waals surface area contributed by atoms with E-state index in [9.17, 15) is 9.18 Å². The zero-order valence-corrected chi connectivity index (χ0v) is 10.0. The Morgan fingerprint density at radius 2 is 2.27 bits per heavy atom. The van der Waals surface area contributed by atoms with Gasteiger partial charge in [0.1, 0.15) is 11.6 Å². The minimum Gasteiger partial charge on any atom is -0.493 e. The van der Waals surface area contributed by atoms with E-state index >= 15 is 0 Å². The third-order valence-electron chi connectivity index (χ3n) is 1.86. The molecule has 0 aliphatic rings. The predicted octanol–water partition coefficient (Wildman–Crippen LogP) is 3.19. The van der Waals surface area contributed by atoms with E-state index in [1.54, 1.807) is 0 Å². The first kappa shape index (κ1) is 12.2. The first-order valence-electron chi connectivity index (χ1n) is 4.70. The van der Waals surface area contributed by atoms with Gasteiger partial charge in [-0.1, -0.05) is 15.9 Å². The molecule has 0 aliphatic carbocycles. The van der Waals surface area contributed by atoms with Crippen LogP contribution in [0.2, 0.25) is 0 Å². The summed E-state index contributed by atoms with van der Waals surface area (Å²) in [6.07, 6.45) is 0.337. The summed E-state index contributed by atoms with van der Waals surface area (Å²) in [6.45, 7) is 2.28. The Morgan fingerprint density at radius 1 is 1.53 bits per heavy atom. The maximum Gasteiger partial charge on any atom is 0.167 e. The molecule has 0 aliphatic heterocycles. The van der Waals surface area contributed by atoms with Gasteiger partial charge < -0.3 is 4.74 Å². The predicted molar refractivity (Wildman–Crippen MR) is 60.3 cm³/mol. The molecule has 0 atom stereocenters. The highest BCUT2D eigenvalue weighted by molar-refractivity contribution is 9.09. The van der Waals surface area contributed by atoms with E-state index < -0.39 is 5.82 Å². The molecule has 1 rings (SSSR count). The van der Waals surface area contributed by atoms with E-state index in [4.69, 9.17) is 4.74 Å². The Balaban J connectivity index is 3.00. The highest BCUT2D eigenvalue weighted by Gasteiger charge is 2.12. The molecule has 0 fully saturated rings. The van der Waals surface area contributed by atoms with Crippen molar-refractivity contribution in [3.8, 4) is 5.75 Å². The van der Waals surface area contributed by atoms with Crippen molar-refractivity contribution < 1.29 is 13.9 Å². The first-order chi connectivity index (χ1) is 7.19. The van der Waals surface area contributed by atoms with Crippen LogP contribution in [0.1, 0.15) is 23.7 Å². The van der Waals surface area contributed by atoms with Gasteiger partial charge in [-0.3, -0.25) is 4.79 Å². The van der Waals surface area contributed by atoms with Crippen LogP contribution in [0.25, 0.3) is 0 Å². The van der Waals surface area contributed by atoms with Crippen molar-refractivity contribution in [2.75, 3.05) is 11.9 Å². The largest absolute Gasteiger partial charge is 0.493 e. The minimum atomic E-state index is -0.420. The van der Waals surface area contributed by atoms with Crippen molar-refractivity contribution in [2.24, 2.45) is 0 Å². The van der Waals surface area contributed by atoms with Crippen LogP contribution in [0.3, 0.4) is 0 Å². The van der Waals surface area contributed by atoms with Gasteiger partial charge in [0.2, 0.25) is 0 Å². The summed E-state index contributed by atoms with van der Waals surface area (Å²) < 4.78 is 18.2. The Kier molecular flexibility index (Phi) is 4.75. The van der Waals surface area contributed by atoms with Gasteiger partial charge in [0.25, 0.3) is 0 Å². The van der Waals surface area contributed by atoms with Crippen molar-refractivity contribution in [3.63, 3.8) is 0 Å². The molecule has 0 saturated carbocycles. The van der Waals surface area contributed by atoms with E-state index in [-0.39, 0.29) is 5.78 Å². The Hall–Kier alpha value is -0.900. The second-order valence-electron chi connectivity index (χ2n) is 2.94. The van der Waals surface area contributed by atoms with Gasteiger partial charge in [-0.2, -0.15) is 0 Å². The van der Waals surface area contributed by atoms with Crippen LogP contribution in [-0.4, -0.2) is 17.7 Å². The molecule has 15 heavy (non-hydrogen) atoms. The molecule has 1 aromatic carbocycles. The summed E-state index contributed by atoms with van der Waals surface area (Å²) >= 11 is 3.17. The average Bonchev–Trinajstić information content (AvgIpc) is 2.21. The number of rotatable bonds is 5. The number of halogens is 2. The molecule has 0 unspecified atom stereocenters. The molecule has 0 heterocycles. The van der Waals surface area contributed by atoms with Crippen LogP contribution in [0.4, 0.5) is 4.39 Å². The average molecular weight is 275 g/mol. The molecule has 0 saturated heterocycles. The number of benzene rings is 1. The van der Waals surface area contributed by atoms with Gasteiger partial charge in [0, 0.05) is 11.8 Å². The van der Waals surface area contributed by atoms with Crippen molar-refractivity contribution in [2.45, 2.75) is 13.3 Å². The molecule has 0 spiro atoms. The lowest BCUT2D eigenvalue weighted by Crippen LogP contribution is -2.05. The van der Waals surface area contributed by atoms with Crippen molar-refractivity contribution in [1.82, 2.24) is 0 Å². The molecule has 2 nitrogen and oxygen atoms in total. The van der Waals surface area contributed by atoms with E-state index in [1.165, 1.54) is 18.2 Å². The Labute approximate surface area is 96.6 Å². The number of alkyl halides is 1. The summed E-state index contributed by atoms with van der Waals surface area (Å²) in [5.41, 5.74) is 0.316. The second kappa shape index (κ2) is 5.85. The summed E-state index contributed by atoms with van der Waals surface area (Å²) in [7, 11) is 0. The van der Waals surface area contributed by atoms with E-state index in [0.717, 1.165) is 0 Å². The number of ether oxygens (including phenoxy) is 1. The SMILES string of the molecule is CCOc1ccc(F)cc1C(=O)CCBr. The normalized spacial score (nSPS) is 10.1. The number of ketones is 1. The molecule has 0 bridgehead atoms. The summed E-state index contributed by atoms with van der Waals surface area (Å²) in [5.74, 6) is -0.0870. The van der Waals surface area contributed by atoms with Crippen LogP contribution >= 0.6 is 15.9 Å². The lowest BCUT2D eigenvalue weighted by atomic mass is 10.1. The van der Waals surface area contributed by atoms with Crippen molar-refractivity contribution >= 4 is 21.7 Å². The lowest BCUT2D eigenvalue weighted by molar-refractivity contribution is 0.0985. The van der Waals surface area contributed by atoms with Gasteiger partial charge in [0.15, 0.2) is 5.78 Å². The lowest BCUT2D eigenvalue weighted by Gasteiger charge is -2.08. The number of Topliss-reactive ketones (excluding diaryl/α,β-unsaturated/α-hetero) is 1. The molecule has 0 radical (unpaired) electrons. The summed E-state index contributed by atoms with van der Waals surface area (Å²) in [6, 6.07) is 3.99. The number of carbonyl (C=O) groups is 1. The van der Waals surface area contributed by atoms with E-state index in [0.29, 0.717) is 29.7 Å². The Morgan fingerprint density at radius 3 is 2.87 bits per heavy atom. The third-order valence-corrected chi connectivity index (χ3v) is 2.26. The quantitative estimate of drug-likeness (QED) is 0.609. The third kappa shape index (κ3) is 3.30. The van der Waals surface area contributed by atoms with Crippen LogP contribution in [0.5, 0.6) is 5.75 Å². The number of hydrogen-bond donors (Lipinski definition) is 0. The first-order valence-corrected chi connectivity index (χ1v) is 5.82. The standard InChI is InChI=1S/C11H12BrFO2/c1-2-15-11-4-3-8(13)7-9(11)10(14)5-6-12/h3-4,7H,2,5-6H2,1H3. The molecule has 0 aromatic heterocycles. The maximum atomic E-state index is 13.0. The molecule has 0 amide bonds. The van der Waals surface area contributed by atoms with Crippen molar-refractivity contribution in [3.05, 3.63) is 29.6 Å².